The van der Waals surface area contributed by atoms with Crippen LogP contribution in [0.1, 0.15) is 6.42 Å². The minimum atomic E-state index is -0.500. The van der Waals surface area contributed by atoms with E-state index in [4.69, 9.17) is 4.74 Å². The predicted octanol–water partition coefficient (Wildman–Crippen LogP) is 1.64. The number of hydrogen-bond donors (Lipinski definition) is 1. The molecule has 2 unspecified atom stereocenters. The van der Waals surface area contributed by atoms with E-state index in [2.05, 4.69) is 26.0 Å². The summed E-state index contributed by atoms with van der Waals surface area (Å²) in [5.74, 6) is -0.170. The van der Waals surface area contributed by atoms with Crippen molar-refractivity contribution in [3.8, 4) is 5.75 Å². The second-order valence-corrected chi connectivity index (χ2v) is 5.24. The average molecular weight is 345 g/mol. The van der Waals surface area contributed by atoms with E-state index in [1.54, 1.807) is 6.07 Å². The molecular formula is C12H13BrN2O5. The van der Waals surface area contributed by atoms with E-state index in [9.17, 15) is 14.9 Å². The van der Waals surface area contributed by atoms with Gasteiger partial charge in [0.15, 0.2) is 5.75 Å². The summed E-state index contributed by atoms with van der Waals surface area (Å²) in [7, 11) is 1.32. The maximum absolute atomic E-state index is 11.4. The Bertz CT molecular complexity index is 537. The van der Waals surface area contributed by atoms with Gasteiger partial charge in [0.05, 0.1) is 12.0 Å². The Morgan fingerprint density at radius 1 is 1.55 bits per heavy atom. The van der Waals surface area contributed by atoms with Gasteiger partial charge in [0, 0.05) is 23.5 Å². The molecule has 1 aromatic rings. The van der Waals surface area contributed by atoms with Crippen LogP contribution in [0.3, 0.4) is 0 Å². The predicted molar refractivity (Wildman–Crippen MR) is 73.6 cm³/mol. The van der Waals surface area contributed by atoms with Crippen LogP contribution >= 0.6 is 15.9 Å². The summed E-state index contributed by atoms with van der Waals surface area (Å²) in [5.41, 5.74) is -0.110. The van der Waals surface area contributed by atoms with Crippen LogP contribution in [0.5, 0.6) is 5.75 Å². The monoisotopic (exact) mass is 344 g/mol. The van der Waals surface area contributed by atoms with Crippen molar-refractivity contribution >= 4 is 27.6 Å². The Labute approximate surface area is 123 Å². The minimum Gasteiger partial charge on any atom is -0.482 e. The minimum absolute atomic E-state index is 0.110. The molecule has 1 saturated heterocycles. The molecule has 1 aliphatic heterocycles. The highest BCUT2D eigenvalue weighted by atomic mass is 79.9. The average Bonchev–Trinajstić information content (AvgIpc) is 2.88. The van der Waals surface area contributed by atoms with Crippen molar-refractivity contribution in [1.82, 2.24) is 5.32 Å². The Morgan fingerprint density at radius 3 is 2.95 bits per heavy atom. The number of benzene rings is 1. The lowest BCUT2D eigenvalue weighted by Gasteiger charge is -2.13. The van der Waals surface area contributed by atoms with Crippen LogP contribution in [0.4, 0.5) is 5.69 Å². The molecule has 2 atom stereocenters. The van der Waals surface area contributed by atoms with Gasteiger partial charge < -0.3 is 14.8 Å². The van der Waals surface area contributed by atoms with Gasteiger partial charge in [0.2, 0.25) is 0 Å². The van der Waals surface area contributed by atoms with Gasteiger partial charge in [-0.2, -0.15) is 0 Å². The molecule has 0 amide bonds. The second kappa shape index (κ2) is 6.19. The molecular weight excluding hydrogens is 332 g/mol. The lowest BCUT2D eigenvalue weighted by Crippen LogP contribution is -2.31. The molecule has 1 heterocycles. The van der Waals surface area contributed by atoms with E-state index in [1.165, 1.54) is 19.2 Å². The molecule has 1 aromatic carbocycles. The number of carbonyl (C=O) groups excluding carboxylic acids is 1. The molecule has 2 rings (SSSR count). The van der Waals surface area contributed by atoms with Crippen molar-refractivity contribution in [3.63, 3.8) is 0 Å². The highest BCUT2D eigenvalue weighted by Gasteiger charge is 2.32. The Morgan fingerprint density at radius 2 is 2.30 bits per heavy atom. The fraction of sp³-hybridized carbons (Fsp3) is 0.417. The fourth-order valence-corrected chi connectivity index (χ4v) is 2.38. The number of nitro groups is 1. The van der Waals surface area contributed by atoms with Crippen LogP contribution < -0.4 is 10.1 Å². The van der Waals surface area contributed by atoms with Crippen molar-refractivity contribution in [3.05, 3.63) is 32.8 Å². The van der Waals surface area contributed by atoms with Crippen molar-refractivity contribution in [2.24, 2.45) is 0 Å². The number of ether oxygens (including phenoxy) is 2. The lowest BCUT2D eigenvalue weighted by atomic mass is 10.2. The smallest absolute Gasteiger partial charge is 0.323 e. The van der Waals surface area contributed by atoms with Crippen LogP contribution in [0.25, 0.3) is 0 Å². The van der Waals surface area contributed by atoms with E-state index in [0.29, 0.717) is 17.4 Å². The molecule has 0 bridgehead atoms. The Hall–Kier alpha value is -1.67. The highest BCUT2D eigenvalue weighted by Crippen LogP contribution is 2.31. The first-order valence-electron chi connectivity index (χ1n) is 5.93. The normalized spacial score (nSPS) is 21.5. The molecule has 7 nitrogen and oxygen atoms in total. The summed E-state index contributed by atoms with van der Waals surface area (Å²) in [5, 5.41) is 13.9. The zero-order valence-electron chi connectivity index (χ0n) is 10.7. The lowest BCUT2D eigenvalue weighted by molar-refractivity contribution is -0.386. The topological polar surface area (TPSA) is 90.7 Å². The van der Waals surface area contributed by atoms with Gasteiger partial charge in [-0.1, -0.05) is 15.9 Å². The quantitative estimate of drug-likeness (QED) is 0.507. The Kier molecular flexibility index (Phi) is 4.56. The zero-order chi connectivity index (χ0) is 14.7. The summed E-state index contributed by atoms with van der Waals surface area (Å²) in [6, 6.07) is 4.16. The summed E-state index contributed by atoms with van der Waals surface area (Å²) < 4.78 is 10.9. The van der Waals surface area contributed by atoms with Crippen molar-refractivity contribution in [1.29, 1.82) is 0 Å². The second-order valence-electron chi connectivity index (χ2n) is 4.33. The van der Waals surface area contributed by atoms with E-state index >= 15 is 0 Å². The Balaban J connectivity index is 2.08. The highest BCUT2D eigenvalue weighted by molar-refractivity contribution is 9.10. The first kappa shape index (κ1) is 14.7. The van der Waals surface area contributed by atoms with Crippen LogP contribution in [0.2, 0.25) is 0 Å². The number of carbonyl (C=O) groups is 1. The van der Waals surface area contributed by atoms with Crippen LogP contribution in [0.15, 0.2) is 22.7 Å². The number of rotatable bonds is 4. The summed E-state index contributed by atoms with van der Waals surface area (Å²) in [6.45, 7) is 0.437. The molecule has 0 saturated carbocycles. The maximum atomic E-state index is 11.4. The third-order valence-corrected chi connectivity index (χ3v) is 3.48. The van der Waals surface area contributed by atoms with Crippen molar-refractivity contribution in [2.75, 3.05) is 13.7 Å². The molecule has 8 heteroatoms. The van der Waals surface area contributed by atoms with E-state index in [0.717, 1.165) is 0 Å². The molecule has 1 fully saturated rings. The number of nitrogens with zero attached hydrogens (tertiary/aromatic N) is 1. The van der Waals surface area contributed by atoms with Crippen LogP contribution in [0, 0.1) is 10.1 Å². The van der Waals surface area contributed by atoms with Crippen LogP contribution in [-0.4, -0.2) is 36.7 Å². The largest absolute Gasteiger partial charge is 0.482 e. The van der Waals surface area contributed by atoms with Gasteiger partial charge in [-0.15, -0.1) is 0 Å². The third-order valence-electron chi connectivity index (χ3n) is 2.99. The van der Waals surface area contributed by atoms with Crippen molar-refractivity contribution in [2.45, 2.75) is 18.6 Å². The van der Waals surface area contributed by atoms with Gasteiger partial charge in [0.25, 0.3) is 0 Å². The standard InChI is InChI=1S/C12H13BrN2O5/c1-19-12(16)9-5-8(6-14-9)20-11-3-2-7(13)4-10(11)15(17)18/h2-4,8-9,14H,5-6H2,1H3. The number of nitrogens with one attached hydrogen (secondary N) is 1. The summed E-state index contributed by atoms with van der Waals surface area (Å²) in [4.78, 5) is 21.9. The van der Waals surface area contributed by atoms with Crippen molar-refractivity contribution < 1.29 is 19.2 Å². The van der Waals surface area contributed by atoms with Gasteiger partial charge in [-0.3, -0.25) is 14.9 Å². The molecule has 0 spiro atoms. The zero-order valence-corrected chi connectivity index (χ0v) is 12.3. The maximum Gasteiger partial charge on any atom is 0.323 e. The molecule has 1 N–H and O–H groups in total. The van der Waals surface area contributed by atoms with E-state index in [1.807, 2.05) is 0 Å². The molecule has 0 aliphatic carbocycles. The summed E-state index contributed by atoms with van der Waals surface area (Å²) >= 11 is 3.18. The number of hydrogen-bond acceptors (Lipinski definition) is 6. The number of methoxy groups -OCH3 is 1. The SMILES string of the molecule is COC(=O)C1CC(Oc2ccc(Br)cc2[N+](=O)[O-])CN1. The molecule has 0 radical (unpaired) electrons. The number of esters is 1. The first-order chi connectivity index (χ1) is 9.51. The molecule has 1 aliphatic rings. The van der Waals surface area contributed by atoms with Gasteiger partial charge in [-0.05, 0) is 12.1 Å². The van der Waals surface area contributed by atoms with E-state index in [-0.39, 0.29) is 23.5 Å². The first-order valence-corrected chi connectivity index (χ1v) is 6.72. The van der Waals surface area contributed by atoms with Gasteiger partial charge >= 0.3 is 11.7 Å². The summed E-state index contributed by atoms with van der Waals surface area (Å²) in [6.07, 6.45) is 0.110. The molecule has 108 valence electrons. The van der Waals surface area contributed by atoms with Gasteiger partial charge in [-0.25, -0.2) is 0 Å². The number of nitro benzene ring substituents is 1. The molecule has 20 heavy (non-hydrogen) atoms. The van der Waals surface area contributed by atoms with Gasteiger partial charge in [0.1, 0.15) is 12.1 Å². The van der Waals surface area contributed by atoms with Crippen LogP contribution in [-0.2, 0) is 9.53 Å². The third kappa shape index (κ3) is 3.26. The fourth-order valence-electron chi connectivity index (χ4n) is 2.03. The molecule has 0 aromatic heterocycles. The van der Waals surface area contributed by atoms with E-state index < -0.39 is 11.0 Å². The number of halogens is 1.